The van der Waals surface area contributed by atoms with Crippen molar-refractivity contribution in [3.05, 3.63) is 0 Å². The number of carboxylic acid groups (broad SMARTS) is 1. The maximum absolute atomic E-state index is 10.4. The fraction of sp³-hybridized carbons (Fsp3) is 0.875. The van der Waals surface area contributed by atoms with E-state index in [1.54, 1.807) is 7.11 Å². The van der Waals surface area contributed by atoms with Crippen molar-refractivity contribution in [1.82, 2.24) is 0 Å². The second-order valence-electron chi connectivity index (χ2n) is 3.93. The molecule has 0 amide bonds. The highest BCUT2D eigenvalue weighted by molar-refractivity contribution is 5.67. The zero-order chi connectivity index (χ0) is 9.78. The fourth-order valence-electron chi connectivity index (χ4n) is 1.03. The predicted molar refractivity (Wildman–Crippen MR) is 45.9 cm³/mol. The summed E-state index contributed by atoms with van der Waals surface area (Å²) in [6, 6.07) is 0. The number of hydrogen-bond acceptors (Lipinski definition) is 2. The summed E-state index contributed by atoms with van der Waals surface area (Å²) in [6.45, 7) is 0.711. The van der Waals surface area contributed by atoms with Crippen LogP contribution in [-0.4, -0.2) is 56.5 Å². The average Bonchev–Trinajstić information content (AvgIpc) is 1.82. The molecule has 0 rings (SSSR count). The van der Waals surface area contributed by atoms with E-state index in [0.717, 1.165) is 0 Å². The lowest BCUT2D eigenvalue weighted by molar-refractivity contribution is -0.873. The summed E-state index contributed by atoms with van der Waals surface area (Å²) in [5.41, 5.74) is 0. The van der Waals surface area contributed by atoms with Crippen LogP contribution in [0.3, 0.4) is 0 Å². The Kier molecular flexibility index (Phi) is 4.20. The molecule has 0 aromatic heterocycles. The van der Waals surface area contributed by atoms with Gasteiger partial charge in [0.15, 0.2) is 0 Å². The smallest absolute Gasteiger partial charge is 0.306 e. The van der Waals surface area contributed by atoms with Crippen LogP contribution in [0.25, 0.3) is 0 Å². The molecule has 4 nitrogen and oxygen atoms in total. The minimum Gasteiger partial charge on any atom is -0.481 e. The van der Waals surface area contributed by atoms with Gasteiger partial charge in [-0.3, -0.25) is 4.79 Å². The van der Waals surface area contributed by atoms with Gasteiger partial charge in [0.1, 0.15) is 12.6 Å². The Balaban J connectivity index is 3.92. The number of quaternary nitrogens is 1. The molecule has 4 heteroatoms. The monoisotopic (exact) mass is 176 g/mol. The molecule has 0 aliphatic heterocycles. The molecule has 0 unspecified atom stereocenters. The van der Waals surface area contributed by atoms with Gasteiger partial charge in [-0.1, -0.05) is 0 Å². The van der Waals surface area contributed by atoms with Crippen LogP contribution < -0.4 is 0 Å². The molecular formula is C8H18NO3+. The lowest BCUT2D eigenvalue weighted by atomic mass is 10.2. The van der Waals surface area contributed by atoms with E-state index in [0.29, 0.717) is 11.0 Å². The van der Waals surface area contributed by atoms with Crippen LogP contribution in [0.4, 0.5) is 0 Å². The minimum absolute atomic E-state index is 0.0754. The highest BCUT2D eigenvalue weighted by Crippen LogP contribution is 2.02. The van der Waals surface area contributed by atoms with Crippen molar-refractivity contribution in [2.45, 2.75) is 12.5 Å². The van der Waals surface area contributed by atoms with E-state index < -0.39 is 5.97 Å². The lowest BCUT2D eigenvalue weighted by Gasteiger charge is -2.27. The summed E-state index contributed by atoms with van der Waals surface area (Å²) in [5.74, 6) is -0.810. The van der Waals surface area contributed by atoms with Crippen LogP contribution >= 0.6 is 0 Å². The largest absolute Gasteiger partial charge is 0.481 e. The molecule has 0 radical (unpaired) electrons. The van der Waals surface area contributed by atoms with Gasteiger partial charge in [-0.2, -0.15) is 0 Å². The zero-order valence-electron chi connectivity index (χ0n) is 8.20. The number of likely N-dealkylation sites (N-methyl/N-ethyl adjacent to an activating group) is 1. The van der Waals surface area contributed by atoms with Crippen molar-refractivity contribution in [2.75, 3.05) is 34.8 Å². The highest BCUT2D eigenvalue weighted by Gasteiger charge is 2.19. The second kappa shape index (κ2) is 4.42. The van der Waals surface area contributed by atoms with Crippen molar-refractivity contribution in [2.24, 2.45) is 0 Å². The third kappa shape index (κ3) is 6.12. The third-order valence-electron chi connectivity index (χ3n) is 1.49. The Bertz CT molecular complexity index is 151. The van der Waals surface area contributed by atoms with E-state index >= 15 is 0 Å². The van der Waals surface area contributed by atoms with Gasteiger partial charge in [-0.05, 0) is 0 Å². The molecular weight excluding hydrogens is 158 g/mol. The number of aliphatic carboxylic acids is 1. The maximum atomic E-state index is 10.4. The van der Waals surface area contributed by atoms with Crippen LogP contribution in [0.5, 0.6) is 0 Å². The summed E-state index contributed by atoms with van der Waals surface area (Å²) in [6.07, 6.45) is -0.117. The van der Waals surface area contributed by atoms with Gasteiger partial charge >= 0.3 is 5.97 Å². The van der Waals surface area contributed by atoms with Gasteiger partial charge in [0, 0.05) is 7.11 Å². The molecule has 0 saturated heterocycles. The number of nitrogens with zero attached hydrogens (tertiary/aromatic N) is 1. The van der Waals surface area contributed by atoms with Gasteiger partial charge in [-0.15, -0.1) is 0 Å². The van der Waals surface area contributed by atoms with Crippen molar-refractivity contribution in [1.29, 1.82) is 0 Å². The normalized spacial score (nSPS) is 14.3. The van der Waals surface area contributed by atoms with Crippen molar-refractivity contribution in [3.8, 4) is 0 Å². The number of ether oxygens (including phenoxy) is 1. The molecule has 0 spiro atoms. The summed E-state index contributed by atoms with van der Waals surface area (Å²) < 4.78 is 5.75. The molecule has 0 saturated carbocycles. The standard InChI is InChI=1S/C8H17NO3/c1-9(2,3)6-7(12-4)5-8(10)11/h7H,5-6H2,1-4H3/p+1/t7-/m0/s1. The lowest BCUT2D eigenvalue weighted by Crippen LogP contribution is -2.42. The van der Waals surface area contributed by atoms with Crippen molar-refractivity contribution in [3.63, 3.8) is 0 Å². The Labute approximate surface area is 73.3 Å². The van der Waals surface area contributed by atoms with Crippen LogP contribution in [-0.2, 0) is 9.53 Å². The molecule has 12 heavy (non-hydrogen) atoms. The van der Waals surface area contributed by atoms with Gasteiger partial charge < -0.3 is 14.3 Å². The first-order chi connectivity index (χ1) is 5.35. The summed E-state index contributed by atoms with van der Waals surface area (Å²) in [4.78, 5) is 10.4. The highest BCUT2D eigenvalue weighted by atomic mass is 16.5. The molecule has 1 N–H and O–H groups in total. The van der Waals surface area contributed by atoms with E-state index in [2.05, 4.69) is 0 Å². The maximum Gasteiger partial charge on any atom is 0.306 e. The molecule has 0 aliphatic carbocycles. The second-order valence-corrected chi connectivity index (χ2v) is 3.93. The molecule has 0 aliphatic rings. The summed E-state index contributed by atoms with van der Waals surface area (Å²) in [5, 5.41) is 8.52. The SMILES string of the molecule is CO[C@@H](CC(=O)O)C[N+](C)(C)C. The first kappa shape index (κ1) is 11.4. The van der Waals surface area contributed by atoms with Gasteiger partial charge in [-0.25, -0.2) is 0 Å². The van der Waals surface area contributed by atoms with Gasteiger partial charge in [0.25, 0.3) is 0 Å². The Morgan fingerprint density at radius 1 is 1.50 bits per heavy atom. The molecule has 0 fully saturated rings. The number of rotatable bonds is 5. The Morgan fingerprint density at radius 2 is 2.00 bits per heavy atom. The van der Waals surface area contributed by atoms with E-state index in [4.69, 9.17) is 9.84 Å². The Morgan fingerprint density at radius 3 is 2.25 bits per heavy atom. The molecule has 0 heterocycles. The Hall–Kier alpha value is -0.610. The number of methoxy groups -OCH3 is 1. The van der Waals surface area contributed by atoms with Crippen molar-refractivity contribution >= 4 is 5.97 Å². The number of carbonyl (C=O) groups is 1. The number of hydrogen-bond donors (Lipinski definition) is 1. The quantitative estimate of drug-likeness (QED) is 0.608. The van der Waals surface area contributed by atoms with Gasteiger partial charge in [0.2, 0.25) is 0 Å². The summed E-state index contributed by atoms with van der Waals surface area (Å²) >= 11 is 0. The minimum atomic E-state index is -0.810. The van der Waals surface area contributed by atoms with E-state index in [1.165, 1.54) is 0 Å². The van der Waals surface area contributed by atoms with Crippen molar-refractivity contribution < 1.29 is 19.1 Å². The van der Waals surface area contributed by atoms with E-state index in [1.807, 2.05) is 21.1 Å². The van der Waals surface area contributed by atoms with Crippen LogP contribution in [0, 0.1) is 0 Å². The predicted octanol–water partition coefficient (Wildman–Crippen LogP) is 0.182. The third-order valence-corrected chi connectivity index (χ3v) is 1.49. The molecule has 0 aromatic carbocycles. The van der Waals surface area contributed by atoms with E-state index in [9.17, 15) is 4.79 Å². The van der Waals surface area contributed by atoms with Crippen LogP contribution in [0.15, 0.2) is 0 Å². The van der Waals surface area contributed by atoms with Crippen LogP contribution in [0.2, 0.25) is 0 Å². The topological polar surface area (TPSA) is 46.5 Å². The first-order valence-corrected chi connectivity index (χ1v) is 3.90. The van der Waals surface area contributed by atoms with Crippen LogP contribution in [0.1, 0.15) is 6.42 Å². The molecule has 0 aromatic rings. The zero-order valence-corrected chi connectivity index (χ0v) is 8.20. The molecule has 0 bridgehead atoms. The summed E-state index contributed by atoms with van der Waals surface area (Å²) in [7, 11) is 7.57. The fourth-order valence-corrected chi connectivity index (χ4v) is 1.03. The molecule has 72 valence electrons. The van der Waals surface area contributed by atoms with E-state index in [-0.39, 0.29) is 12.5 Å². The first-order valence-electron chi connectivity index (χ1n) is 3.90. The number of carboxylic acids is 1. The molecule has 1 atom stereocenters. The van der Waals surface area contributed by atoms with Gasteiger partial charge in [0.05, 0.1) is 27.6 Å². The average molecular weight is 176 g/mol.